The van der Waals surface area contributed by atoms with E-state index in [1.54, 1.807) is 6.92 Å². The Morgan fingerprint density at radius 3 is 2.94 bits per heavy atom. The molecule has 0 spiro atoms. The first-order valence-electron chi connectivity index (χ1n) is 4.79. The van der Waals surface area contributed by atoms with Crippen LogP contribution in [0.15, 0.2) is 8.94 Å². The van der Waals surface area contributed by atoms with E-state index in [1.165, 1.54) is 7.11 Å². The molecular weight excluding hydrogens is 326 g/mol. The predicted molar refractivity (Wildman–Crippen MR) is 69.7 cm³/mol. The van der Waals surface area contributed by atoms with Gasteiger partial charge in [-0.25, -0.2) is 9.78 Å². The first-order valence-corrected chi connectivity index (χ1v) is 6.40. The maximum Gasteiger partial charge on any atom is 0.362 e. The number of amides is 1. The zero-order valence-corrected chi connectivity index (χ0v) is 12.0. The molecule has 7 nitrogen and oxygen atoms in total. The van der Waals surface area contributed by atoms with Gasteiger partial charge in [0.25, 0.3) is 0 Å². The van der Waals surface area contributed by atoms with Crippen molar-refractivity contribution in [2.24, 2.45) is 5.16 Å². The van der Waals surface area contributed by atoms with Crippen molar-refractivity contribution in [2.75, 3.05) is 19.0 Å². The largest absolute Gasteiger partial charge is 0.461 e. The summed E-state index contributed by atoms with van der Waals surface area (Å²) in [7, 11) is 1.31. The minimum Gasteiger partial charge on any atom is -0.461 e. The van der Waals surface area contributed by atoms with E-state index in [-0.39, 0.29) is 18.0 Å². The van der Waals surface area contributed by atoms with E-state index < -0.39 is 5.97 Å². The molecule has 0 aromatic carbocycles. The van der Waals surface area contributed by atoms with Crippen molar-refractivity contribution in [3.05, 3.63) is 9.48 Å². The summed E-state index contributed by atoms with van der Waals surface area (Å²) < 4.78 is 5.38. The van der Waals surface area contributed by atoms with Crippen molar-refractivity contribution in [2.45, 2.75) is 6.92 Å². The molecule has 0 aliphatic heterocycles. The Hall–Kier alpha value is -1.48. The highest BCUT2D eigenvalue weighted by Crippen LogP contribution is 2.29. The Morgan fingerprint density at radius 1 is 1.67 bits per heavy atom. The number of aromatic nitrogens is 1. The number of hydrogen-bond acceptors (Lipinski definition) is 7. The summed E-state index contributed by atoms with van der Waals surface area (Å²) in [6, 6.07) is 0. The molecular formula is C9H10BrN3O4S. The van der Waals surface area contributed by atoms with Gasteiger partial charge in [-0.3, -0.25) is 4.79 Å². The molecule has 1 rings (SSSR count). The molecule has 0 atom stereocenters. The number of ether oxygens (including phenoxy) is 1. The second-order valence-electron chi connectivity index (χ2n) is 2.75. The lowest BCUT2D eigenvalue weighted by molar-refractivity contribution is -0.135. The van der Waals surface area contributed by atoms with Gasteiger partial charge >= 0.3 is 5.97 Å². The van der Waals surface area contributed by atoms with E-state index in [2.05, 4.69) is 36.2 Å². The molecule has 0 fully saturated rings. The number of rotatable bonds is 6. The van der Waals surface area contributed by atoms with Gasteiger partial charge in [0.15, 0.2) is 5.13 Å². The minimum atomic E-state index is -0.650. The maximum atomic E-state index is 11.7. The first-order chi connectivity index (χ1) is 8.63. The molecule has 0 radical (unpaired) electrons. The number of carbonyl (C=O) groups is 2. The molecule has 1 heterocycles. The quantitative estimate of drug-likeness (QED) is 0.367. The van der Waals surface area contributed by atoms with Crippen molar-refractivity contribution in [1.82, 2.24) is 4.98 Å². The van der Waals surface area contributed by atoms with Gasteiger partial charge in [0.1, 0.15) is 16.6 Å². The molecule has 98 valence electrons. The molecule has 0 aliphatic rings. The number of hydrogen-bond donors (Lipinski definition) is 1. The number of anilines is 1. The van der Waals surface area contributed by atoms with Crippen LogP contribution in [0.4, 0.5) is 5.13 Å². The number of oxime groups is 1. The fraction of sp³-hybridized carbons (Fsp3) is 0.333. The summed E-state index contributed by atoms with van der Waals surface area (Å²) in [5.41, 5.74) is 0.186. The van der Waals surface area contributed by atoms with Crippen molar-refractivity contribution in [3.8, 4) is 0 Å². The van der Waals surface area contributed by atoms with Gasteiger partial charge in [-0.2, -0.15) is 0 Å². The predicted octanol–water partition coefficient (Wildman–Crippen LogP) is 1.39. The topological polar surface area (TPSA) is 89.9 Å². The summed E-state index contributed by atoms with van der Waals surface area (Å²) in [6.45, 7) is 1.89. The Morgan fingerprint density at radius 2 is 2.39 bits per heavy atom. The highest BCUT2D eigenvalue weighted by Gasteiger charge is 2.23. The van der Waals surface area contributed by atoms with Crippen LogP contribution >= 0.6 is 27.3 Å². The molecule has 1 N–H and O–H groups in total. The Labute approximate surface area is 115 Å². The number of halogens is 1. The molecule has 1 aromatic rings. The summed E-state index contributed by atoms with van der Waals surface area (Å²) in [5, 5.41) is 6.31. The van der Waals surface area contributed by atoms with Gasteiger partial charge in [-0.05, 0) is 22.9 Å². The molecule has 0 bridgehead atoms. The van der Waals surface area contributed by atoms with Crippen LogP contribution in [0, 0.1) is 0 Å². The third-order valence-electron chi connectivity index (χ3n) is 1.64. The van der Waals surface area contributed by atoms with E-state index in [4.69, 9.17) is 4.74 Å². The Kier molecular flexibility index (Phi) is 5.72. The maximum absolute atomic E-state index is 11.7. The van der Waals surface area contributed by atoms with Crippen LogP contribution in [0.25, 0.3) is 0 Å². The van der Waals surface area contributed by atoms with E-state index >= 15 is 0 Å². The third-order valence-corrected chi connectivity index (χ3v) is 3.28. The van der Waals surface area contributed by atoms with Crippen molar-refractivity contribution >= 4 is 50.5 Å². The Bertz CT molecular complexity index is 474. The highest BCUT2D eigenvalue weighted by atomic mass is 79.9. The van der Waals surface area contributed by atoms with Crippen molar-refractivity contribution in [1.29, 1.82) is 0 Å². The second kappa shape index (κ2) is 7.07. The van der Waals surface area contributed by atoms with E-state index in [1.807, 2.05) is 0 Å². The zero-order valence-electron chi connectivity index (χ0n) is 9.60. The highest BCUT2D eigenvalue weighted by molar-refractivity contribution is 9.11. The smallest absolute Gasteiger partial charge is 0.362 e. The van der Waals surface area contributed by atoms with Crippen LogP contribution in [0.2, 0.25) is 0 Å². The minimum absolute atomic E-state index is 0.0681. The summed E-state index contributed by atoms with van der Waals surface area (Å²) in [4.78, 5) is 30.6. The summed E-state index contributed by atoms with van der Waals surface area (Å²) >= 11 is 4.38. The average Bonchev–Trinajstić information content (AvgIpc) is 2.68. The molecule has 9 heteroatoms. The lowest BCUT2D eigenvalue weighted by Gasteiger charge is -2.02. The fourth-order valence-electron chi connectivity index (χ4n) is 1.03. The van der Waals surface area contributed by atoms with Gasteiger partial charge in [0.2, 0.25) is 12.1 Å². The molecule has 0 unspecified atom stereocenters. The van der Waals surface area contributed by atoms with Crippen LogP contribution in [0.5, 0.6) is 0 Å². The van der Waals surface area contributed by atoms with E-state index in [0.717, 1.165) is 11.3 Å². The monoisotopic (exact) mass is 335 g/mol. The second-order valence-corrected chi connectivity index (χ2v) is 5.06. The third kappa shape index (κ3) is 3.50. The normalized spacial score (nSPS) is 10.9. The zero-order chi connectivity index (χ0) is 13.5. The standard InChI is InChI=1S/C9H10BrN3O4S/c1-3-17-8(15)6(13-16-2)5-7(10)18-9(12-5)11-4-14/h4H,3H2,1-2H3,(H,11,12,14)/b13-6-. The van der Waals surface area contributed by atoms with Crippen LogP contribution in [-0.4, -0.2) is 36.8 Å². The number of carbonyl (C=O) groups excluding carboxylic acids is 2. The molecule has 0 saturated carbocycles. The van der Waals surface area contributed by atoms with Crippen molar-refractivity contribution < 1.29 is 19.2 Å². The van der Waals surface area contributed by atoms with Gasteiger partial charge in [0, 0.05) is 0 Å². The van der Waals surface area contributed by atoms with E-state index in [0.29, 0.717) is 15.3 Å². The van der Waals surface area contributed by atoms with Gasteiger partial charge in [0.05, 0.1) is 6.61 Å². The van der Waals surface area contributed by atoms with Crippen LogP contribution < -0.4 is 5.32 Å². The lowest BCUT2D eigenvalue weighted by Crippen LogP contribution is -2.20. The molecule has 0 saturated heterocycles. The van der Waals surface area contributed by atoms with E-state index in [9.17, 15) is 9.59 Å². The fourth-order valence-corrected chi connectivity index (χ4v) is 2.42. The van der Waals surface area contributed by atoms with Crippen molar-refractivity contribution in [3.63, 3.8) is 0 Å². The number of esters is 1. The number of thiazole rings is 1. The first kappa shape index (κ1) is 14.6. The molecule has 1 aromatic heterocycles. The SMILES string of the molecule is CCOC(=O)/C(=N\OC)c1nc(NC=O)sc1Br. The Balaban J connectivity index is 3.09. The molecule has 1 amide bonds. The number of nitrogens with zero attached hydrogens (tertiary/aromatic N) is 2. The summed E-state index contributed by atoms with van der Waals surface area (Å²) in [5.74, 6) is -0.650. The van der Waals surface area contributed by atoms with Crippen LogP contribution in [0.1, 0.15) is 12.6 Å². The average molecular weight is 336 g/mol. The summed E-state index contributed by atoms with van der Waals surface area (Å²) in [6.07, 6.45) is 0.493. The molecule has 0 aliphatic carbocycles. The van der Waals surface area contributed by atoms with Crippen LogP contribution in [-0.2, 0) is 19.2 Å². The lowest BCUT2D eigenvalue weighted by atomic mass is 10.3. The van der Waals surface area contributed by atoms with Gasteiger partial charge < -0.3 is 14.9 Å². The van der Waals surface area contributed by atoms with Gasteiger partial charge in [-0.1, -0.05) is 16.5 Å². The van der Waals surface area contributed by atoms with Gasteiger partial charge in [-0.15, -0.1) is 0 Å². The van der Waals surface area contributed by atoms with Crippen LogP contribution in [0.3, 0.4) is 0 Å². The molecule has 18 heavy (non-hydrogen) atoms. The number of nitrogens with one attached hydrogen (secondary N) is 1.